The second-order valence-corrected chi connectivity index (χ2v) is 5.74. The molecule has 1 saturated carbocycles. The van der Waals surface area contributed by atoms with E-state index in [4.69, 9.17) is 14.6 Å². The summed E-state index contributed by atoms with van der Waals surface area (Å²) < 4.78 is 23.0. The van der Waals surface area contributed by atoms with Crippen LogP contribution in [0.4, 0.5) is 17.2 Å². The van der Waals surface area contributed by atoms with Crippen LogP contribution >= 0.6 is 0 Å². The van der Waals surface area contributed by atoms with Crippen molar-refractivity contribution in [2.45, 2.75) is 20.2 Å². The van der Waals surface area contributed by atoms with Crippen LogP contribution < -0.4 is 21.1 Å². The van der Waals surface area contributed by atoms with Crippen molar-refractivity contribution in [2.75, 3.05) is 17.7 Å². The number of methoxy groups -OCH3 is 1. The Morgan fingerprint density at radius 1 is 1.41 bits per heavy atom. The van der Waals surface area contributed by atoms with E-state index in [9.17, 15) is 14.9 Å². The van der Waals surface area contributed by atoms with E-state index < -0.39 is 13.3 Å². The molecule has 0 unspecified atom stereocenters. The predicted molar refractivity (Wildman–Crippen MR) is 99.6 cm³/mol. The molecule has 2 aromatic rings. The van der Waals surface area contributed by atoms with E-state index in [-0.39, 0.29) is 29.0 Å². The Balaban J connectivity index is 0.000000735. The molecule has 4 N–H and O–H groups in total. The molecular formula is C18H20N6O3. The largest absolute Gasteiger partial charge is 0.493 e. The summed E-state index contributed by atoms with van der Waals surface area (Å²) in [5, 5.41) is 22.4. The van der Waals surface area contributed by atoms with Gasteiger partial charge in [0.2, 0.25) is 5.91 Å². The van der Waals surface area contributed by atoms with Gasteiger partial charge in [-0.2, -0.15) is 5.26 Å². The Hall–Kier alpha value is -3.67. The monoisotopic (exact) mass is 371 g/mol. The number of aromatic nitrogens is 2. The van der Waals surface area contributed by atoms with Gasteiger partial charge in [-0.1, -0.05) is 13.4 Å². The number of carbonyl (C=O) groups excluding carboxylic acids is 2. The highest BCUT2D eigenvalue weighted by molar-refractivity contribution is 5.99. The van der Waals surface area contributed by atoms with E-state index in [1.54, 1.807) is 18.2 Å². The lowest BCUT2D eigenvalue weighted by atomic mass is 10.1. The standard InChI is InChI=1S/C17H16N6O3.CH4/c1-26-15-10(8-18)3-2-4-11(15)20-12-7-13(21-17(25)9-5-6-9)22-23-14(12)16(19)24;/h2-4,7,9H,5-6H2,1H3,(H2,19,24)(H2,20,21,22,25);1H4/i;1D3. The minimum Gasteiger partial charge on any atom is -0.493 e. The molecule has 3 rings (SSSR count). The Morgan fingerprint density at radius 2 is 2.15 bits per heavy atom. The van der Waals surface area contributed by atoms with Crippen LogP contribution in [0.5, 0.6) is 5.75 Å². The first-order chi connectivity index (χ1) is 14.3. The number of nitrogens with one attached hydrogen (secondary N) is 2. The Kier molecular flexibility index (Phi) is 4.69. The van der Waals surface area contributed by atoms with Gasteiger partial charge in [0, 0.05) is 16.1 Å². The average molecular weight is 371 g/mol. The molecule has 1 aliphatic carbocycles. The molecule has 140 valence electrons. The zero-order valence-corrected chi connectivity index (χ0v) is 14.5. The molecule has 2 amide bonds. The minimum atomic E-state index is -1.42. The Morgan fingerprint density at radius 3 is 2.74 bits per heavy atom. The van der Waals surface area contributed by atoms with Crippen molar-refractivity contribution in [3.8, 4) is 11.8 Å². The lowest BCUT2D eigenvalue weighted by Gasteiger charge is -2.14. The second-order valence-electron chi connectivity index (χ2n) is 5.74. The number of nitrogens with two attached hydrogens (primary N) is 1. The summed E-state index contributed by atoms with van der Waals surface area (Å²) in [5.74, 6) is -0.413. The molecule has 27 heavy (non-hydrogen) atoms. The smallest absolute Gasteiger partial charge is 0.271 e. The molecule has 1 aromatic heterocycles. The molecule has 0 aliphatic heterocycles. The first kappa shape index (κ1) is 15.6. The van der Waals surface area contributed by atoms with Crippen LogP contribution in [0.1, 0.15) is 40.4 Å². The number of anilines is 3. The topological polar surface area (TPSA) is 143 Å². The summed E-state index contributed by atoms with van der Waals surface area (Å²) in [5.41, 5.74) is 6.26. The highest BCUT2D eigenvalue weighted by Gasteiger charge is 2.30. The van der Waals surface area contributed by atoms with Crippen LogP contribution in [0.3, 0.4) is 0 Å². The Bertz CT molecular complexity index is 973. The fourth-order valence-corrected chi connectivity index (χ4v) is 2.39. The Labute approximate surface area is 160 Å². The van der Waals surface area contributed by atoms with Gasteiger partial charge in [-0.3, -0.25) is 9.59 Å². The summed E-state index contributed by atoms with van der Waals surface area (Å²) in [6, 6.07) is 8.43. The summed E-state index contributed by atoms with van der Waals surface area (Å²) in [7, 11) is 0.0163. The molecule has 0 atom stereocenters. The molecule has 9 nitrogen and oxygen atoms in total. The van der Waals surface area contributed by atoms with Gasteiger partial charge in [-0.05, 0) is 25.0 Å². The quantitative estimate of drug-likeness (QED) is 0.706. The molecule has 1 heterocycles. The molecule has 1 aromatic carbocycles. The number of hydrogen-bond donors (Lipinski definition) is 3. The first-order valence-corrected chi connectivity index (χ1v) is 7.86. The number of primary amides is 1. The van der Waals surface area contributed by atoms with Crippen LogP contribution in [0.15, 0.2) is 24.3 Å². The molecule has 9 heteroatoms. The SMILES string of the molecule is COc1c(C#N)cccc1Nc1cc(NC(=O)C2CC2)nnc1C(N)=O.[2H]C([2H])[2H]. The molecule has 1 fully saturated rings. The van der Waals surface area contributed by atoms with Gasteiger partial charge >= 0.3 is 0 Å². The van der Waals surface area contributed by atoms with Crippen LogP contribution in [0.2, 0.25) is 0 Å². The summed E-state index contributed by atoms with van der Waals surface area (Å²) >= 11 is 0. The summed E-state index contributed by atoms with van der Waals surface area (Å²) in [6.07, 6.45) is 1.70. The normalized spacial score (nSPS) is 13.7. The highest BCUT2D eigenvalue weighted by atomic mass is 16.5. The minimum absolute atomic E-state index is 0.00331. The van der Waals surface area contributed by atoms with Gasteiger partial charge in [-0.15, -0.1) is 10.2 Å². The van der Waals surface area contributed by atoms with Crippen LogP contribution in [-0.2, 0) is 4.79 Å². The van der Waals surface area contributed by atoms with E-state index in [2.05, 4.69) is 20.8 Å². The highest BCUT2D eigenvalue weighted by Crippen LogP contribution is 2.33. The molecule has 0 spiro atoms. The van der Waals surface area contributed by atoms with Crippen molar-refractivity contribution < 1.29 is 18.4 Å². The van der Waals surface area contributed by atoms with Crippen molar-refractivity contribution in [3.63, 3.8) is 0 Å². The third kappa shape index (κ3) is 4.30. The first-order valence-electron chi connectivity index (χ1n) is 9.59. The van der Waals surface area contributed by atoms with E-state index in [0.717, 1.165) is 12.8 Å². The molecule has 0 saturated heterocycles. The second kappa shape index (κ2) is 8.14. The maximum absolute atomic E-state index is 11.9. The maximum atomic E-state index is 11.9. The van der Waals surface area contributed by atoms with Gasteiger partial charge in [0.1, 0.15) is 6.07 Å². The molecule has 0 radical (unpaired) electrons. The average Bonchev–Trinajstić information content (AvgIpc) is 3.52. The van der Waals surface area contributed by atoms with Crippen LogP contribution in [0.25, 0.3) is 0 Å². The number of nitriles is 1. The van der Waals surface area contributed by atoms with Gasteiger partial charge in [0.15, 0.2) is 17.3 Å². The number of rotatable bonds is 6. The molecular weight excluding hydrogens is 348 g/mol. The third-order valence-electron chi connectivity index (χ3n) is 3.84. The number of benzene rings is 1. The van der Waals surface area contributed by atoms with Crippen LogP contribution in [-0.4, -0.2) is 29.1 Å². The number of hydrogen-bond acceptors (Lipinski definition) is 7. The van der Waals surface area contributed by atoms with Gasteiger partial charge in [0.25, 0.3) is 5.91 Å². The lowest BCUT2D eigenvalue weighted by molar-refractivity contribution is -0.117. The number of carbonyl (C=O) groups is 2. The zero-order valence-electron chi connectivity index (χ0n) is 17.5. The fraction of sp³-hybridized carbons (Fsp3) is 0.278. The molecule has 1 aliphatic rings. The predicted octanol–water partition coefficient (Wildman–Crippen LogP) is 2.18. The van der Waals surface area contributed by atoms with Gasteiger partial charge in [0.05, 0.1) is 24.0 Å². The third-order valence-corrected chi connectivity index (χ3v) is 3.84. The lowest BCUT2D eigenvalue weighted by Crippen LogP contribution is -2.19. The summed E-state index contributed by atoms with van der Waals surface area (Å²) in [6.45, 7) is 0. The van der Waals surface area contributed by atoms with E-state index in [0.29, 0.717) is 17.0 Å². The summed E-state index contributed by atoms with van der Waals surface area (Å²) in [4.78, 5) is 23.6. The zero-order chi connectivity index (χ0) is 22.3. The number of nitrogens with zero attached hydrogens (tertiary/aromatic N) is 3. The van der Waals surface area contributed by atoms with Crippen molar-refractivity contribution in [3.05, 3.63) is 35.5 Å². The number of amides is 2. The van der Waals surface area contributed by atoms with E-state index in [1.807, 2.05) is 6.07 Å². The van der Waals surface area contributed by atoms with Crippen LogP contribution in [0, 0.1) is 17.2 Å². The molecule has 0 bridgehead atoms. The van der Waals surface area contributed by atoms with Gasteiger partial charge < -0.3 is 21.1 Å². The van der Waals surface area contributed by atoms with E-state index >= 15 is 0 Å². The van der Waals surface area contributed by atoms with E-state index in [1.165, 1.54) is 13.2 Å². The maximum Gasteiger partial charge on any atom is 0.271 e. The van der Waals surface area contributed by atoms with Crippen molar-refractivity contribution >= 4 is 29.0 Å². The fourth-order valence-electron chi connectivity index (χ4n) is 2.39. The van der Waals surface area contributed by atoms with Crippen molar-refractivity contribution in [1.29, 1.82) is 5.26 Å². The van der Waals surface area contributed by atoms with Crippen molar-refractivity contribution in [1.82, 2.24) is 10.2 Å². The van der Waals surface area contributed by atoms with Crippen molar-refractivity contribution in [2.24, 2.45) is 11.7 Å². The van der Waals surface area contributed by atoms with Gasteiger partial charge in [-0.25, -0.2) is 0 Å². The number of para-hydroxylation sites is 1. The number of ether oxygens (including phenoxy) is 1.